The van der Waals surface area contributed by atoms with Crippen LogP contribution in [0.25, 0.3) is 0 Å². The average Bonchev–Trinajstić information content (AvgIpc) is 3.17. The number of halogens is 1. The lowest BCUT2D eigenvalue weighted by Crippen LogP contribution is -2.24. The molecule has 2 aromatic carbocycles. The van der Waals surface area contributed by atoms with Crippen molar-refractivity contribution in [1.82, 2.24) is 5.48 Å². The van der Waals surface area contributed by atoms with Gasteiger partial charge >= 0.3 is 5.97 Å². The number of benzene rings is 2. The monoisotopic (exact) mass is 413 g/mol. The standard InChI is InChI=1S/C24H28FNO4/c1-16(2)15-29-26-14-21-23(3,4)24(21,22(27)28)13-17-10-11-19(25)20(12-17)30-18-8-6-5-7-9-18/h5-12,14,16,26H,13,15H2,1-4H3,(H,27,28)/t24-/m0/s1. The summed E-state index contributed by atoms with van der Waals surface area (Å²) in [6, 6.07) is 13.4. The van der Waals surface area contributed by atoms with E-state index in [2.05, 4.69) is 5.48 Å². The first kappa shape index (κ1) is 21.8. The molecule has 30 heavy (non-hydrogen) atoms. The fourth-order valence-electron chi connectivity index (χ4n) is 3.82. The van der Waals surface area contributed by atoms with Gasteiger partial charge in [-0.1, -0.05) is 52.0 Å². The minimum absolute atomic E-state index is 0.0709. The van der Waals surface area contributed by atoms with E-state index in [0.29, 0.717) is 23.8 Å². The van der Waals surface area contributed by atoms with Crippen molar-refractivity contribution in [2.24, 2.45) is 16.7 Å². The Morgan fingerprint density at radius 3 is 2.53 bits per heavy atom. The third-order valence-corrected chi connectivity index (χ3v) is 5.64. The Hall–Kier alpha value is -2.86. The minimum atomic E-state index is -1.09. The van der Waals surface area contributed by atoms with Crippen molar-refractivity contribution < 1.29 is 23.9 Å². The number of nitrogens with one attached hydrogen (secondary N) is 1. The van der Waals surface area contributed by atoms with Crippen molar-refractivity contribution in [3.05, 3.63) is 71.7 Å². The molecule has 160 valence electrons. The average molecular weight is 413 g/mol. The molecule has 0 aliphatic heterocycles. The van der Waals surface area contributed by atoms with Gasteiger partial charge < -0.3 is 9.84 Å². The molecule has 0 saturated heterocycles. The van der Waals surface area contributed by atoms with E-state index in [0.717, 1.165) is 5.57 Å². The Morgan fingerprint density at radius 2 is 1.90 bits per heavy atom. The summed E-state index contributed by atoms with van der Waals surface area (Å²) in [4.78, 5) is 17.7. The van der Waals surface area contributed by atoms with Crippen LogP contribution in [0.4, 0.5) is 4.39 Å². The molecule has 1 aliphatic carbocycles. The van der Waals surface area contributed by atoms with Crippen LogP contribution in [0.5, 0.6) is 11.5 Å². The summed E-state index contributed by atoms with van der Waals surface area (Å²) in [6.45, 7) is 8.36. The van der Waals surface area contributed by atoms with E-state index in [4.69, 9.17) is 9.57 Å². The first-order valence-corrected chi connectivity index (χ1v) is 10.0. The number of carboxylic acid groups (broad SMARTS) is 1. The minimum Gasteiger partial charge on any atom is -0.481 e. The van der Waals surface area contributed by atoms with Crippen molar-refractivity contribution in [1.29, 1.82) is 0 Å². The van der Waals surface area contributed by atoms with E-state index >= 15 is 0 Å². The second kappa shape index (κ2) is 8.48. The maximum atomic E-state index is 14.3. The van der Waals surface area contributed by atoms with Gasteiger partial charge in [-0.25, -0.2) is 4.39 Å². The van der Waals surface area contributed by atoms with Crippen molar-refractivity contribution in [3.63, 3.8) is 0 Å². The summed E-state index contributed by atoms with van der Waals surface area (Å²) in [5.41, 5.74) is 2.53. The number of hydrogen-bond donors (Lipinski definition) is 2. The molecule has 6 heteroatoms. The Balaban J connectivity index is 1.83. The molecule has 0 aromatic heterocycles. The number of ether oxygens (including phenoxy) is 1. The highest BCUT2D eigenvalue weighted by molar-refractivity contribution is 5.88. The van der Waals surface area contributed by atoms with E-state index in [1.807, 2.05) is 33.8 Å². The van der Waals surface area contributed by atoms with Crippen LogP contribution in [0.2, 0.25) is 0 Å². The molecule has 0 heterocycles. The van der Waals surface area contributed by atoms with Gasteiger partial charge in [0.1, 0.15) is 11.2 Å². The normalized spacial score (nSPS) is 20.9. The van der Waals surface area contributed by atoms with Crippen LogP contribution in [0.3, 0.4) is 0 Å². The van der Waals surface area contributed by atoms with Gasteiger partial charge in [-0.05, 0) is 47.7 Å². The summed E-state index contributed by atoms with van der Waals surface area (Å²) >= 11 is 0. The zero-order valence-electron chi connectivity index (χ0n) is 17.7. The van der Waals surface area contributed by atoms with Gasteiger partial charge in [0.15, 0.2) is 11.6 Å². The largest absolute Gasteiger partial charge is 0.481 e. The number of aliphatic carboxylic acids is 1. The zero-order valence-corrected chi connectivity index (χ0v) is 17.7. The molecule has 1 saturated carbocycles. The molecule has 3 rings (SSSR count). The summed E-state index contributed by atoms with van der Waals surface area (Å²) in [6.07, 6.45) is 1.86. The number of para-hydroxylation sites is 1. The maximum absolute atomic E-state index is 14.3. The molecule has 0 bridgehead atoms. The highest BCUT2D eigenvalue weighted by atomic mass is 19.1. The number of hydrogen-bond acceptors (Lipinski definition) is 4. The molecule has 2 aromatic rings. The van der Waals surface area contributed by atoms with Gasteiger partial charge in [0.05, 0.1) is 6.61 Å². The summed E-state index contributed by atoms with van der Waals surface area (Å²) < 4.78 is 19.9. The number of hydroxylamine groups is 1. The zero-order chi connectivity index (χ0) is 21.9. The van der Waals surface area contributed by atoms with Gasteiger partial charge in [0.2, 0.25) is 0 Å². The SMILES string of the molecule is CC(C)CONC=C1C(C)(C)[C@]1(Cc1ccc(F)c(Oc2ccccc2)c1)C(=O)O. The van der Waals surface area contributed by atoms with Crippen molar-refractivity contribution in [2.75, 3.05) is 6.61 Å². The Kier molecular flexibility index (Phi) is 6.17. The molecule has 0 unspecified atom stereocenters. The lowest BCUT2D eigenvalue weighted by molar-refractivity contribution is -0.144. The Bertz CT molecular complexity index is 939. The van der Waals surface area contributed by atoms with Gasteiger partial charge in [0, 0.05) is 11.6 Å². The second-order valence-electron chi connectivity index (χ2n) is 8.57. The van der Waals surface area contributed by atoms with Crippen molar-refractivity contribution in [3.8, 4) is 11.5 Å². The second-order valence-corrected chi connectivity index (χ2v) is 8.57. The smallest absolute Gasteiger partial charge is 0.315 e. The van der Waals surface area contributed by atoms with E-state index in [9.17, 15) is 14.3 Å². The van der Waals surface area contributed by atoms with Gasteiger partial charge in [-0.2, -0.15) is 0 Å². The number of rotatable bonds is 9. The van der Waals surface area contributed by atoms with E-state index in [1.165, 1.54) is 6.07 Å². The van der Waals surface area contributed by atoms with Crippen LogP contribution in [0.1, 0.15) is 33.3 Å². The molecule has 1 fully saturated rings. The topological polar surface area (TPSA) is 67.8 Å². The first-order valence-electron chi connectivity index (χ1n) is 10.0. The highest BCUT2D eigenvalue weighted by Crippen LogP contribution is 2.70. The van der Waals surface area contributed by atoms with Crippen LogP contribution >= 0.6 is 0 Å². The molecule has 1 aliphatic rings. The van der Waals surface area contributed by atoms with Crippen LogP contribution in [0, 0.1) is 22.6 Å². The summed E-state index contributed by atoms with van der Waals surface area (Å²) in [5, 5.41) is 10.1. The Morgan fingerprint density at radius 1 is 1.20 bits per heavy atom. The van der Waals surface area contributed by atoms with Crippen molar-refractivity contribution >= 4 is 5.97 Å². The first-order chi connectivity index (χ1) is 14.2. The van der Waals surface area contributed by atoms with E-state index < -0.39 is 22.6 Å². The third kappa shape index (κ3) is 4.19. The van der Waals surface area contributed by atoms with Crippen molar-refractivity contribution in [2.45, 2.75) is 34.1 Å². The van der Waals surface area contributed by atoms with Crippen LogP contribution in [0.15, 0.2) is 60.3 Å². The summed E-state index contributed by atoms with van der Waals surface area (Å²) in [5.74, 6) is -0.475. The number of carbonyl (C=O) groups is 1. The fraction of sp³-hybridized carbons (Fsp3) is 0.375. The molecule has 0 spiro atoms. The predicted octanol–water partition coefficient (Wildman–Crippen LogP) is 5.33. The molecule has 2 N–H and O–H groups in total. The van der Waals surface area contributed by atoms with Crippen LogP contribution in [-0.4, -0.2) is 17.7 Å². The predicted molar refractivity (Wildman–Crippen MR) is 112 cm³/mol. The number of carboxylic acids is 1. The van der Waals surface area contributed by atoms with E-state index in [1.54, 1.807) is 42.6 Å². The fourth-order valence-corrected chi connectivity index (χ4v) is 3.82. The molecular weight excluding hydrogens is 385 g/mol. The van der Waals surface area contributed by atoms with Crippen LogP contribution < -0.4 is 10.2 Å². The van der Waals surface area contributed by atoms with E-state index in [-0.39, 0.29) is 12.2 Å². The van der Waals surface area contributed by atoms with Gasteiger partial charge in [-0.15, -0.1) is 0 Å². The van der Waals surface area contributed by atoms with Gasteiger partial charge in [-0.3, -0.25) is 15.1 Å². The highest BCUT2D eigenvalue weighted by Gasteiger charge is 2.71. The quantitative estimate of drug-likeness (QED) is 0.429. The molecule has 5 nitrogen and oxygen atoms in total. The third-order valence-electron chi connectivity index (χ3n) is 5.64. The molecule has 1 atom stereocenters. The summed E-state index contributed by atoms with van der Waals surface area (Å²) in [7, 11) is 0. The lowest BCUT2D eigenvalue weighted by Gasteiger charge is -2.16. The molecule has 0 radical (unpaired) electrons. The molecule has 0 amide bonds. The van der Waals surface area contributed by atoms with Crippen LogP contribution in [-0.2, 0) is 16.1 Å². The Labute approximate surface area is 176 Å². The van der Waals surface area contributed by atoms with Gasteiger partial charge in [0.25, 0.3) is 0 Å². The molecular formula is C24H28FNO4. The lowest BCUT2D eigenvalue weighted by atomic mass is 9.88. The maximum Gasteiger partial charge on any atom is 0.315 e.